The van der Waals surface area contributed by atoms with Crippen LogP contribution in [0.2, 0.25) is 0 Å². The monoisotopic (exact) mass is 322 g/mol. The molecule has 0 aliphatic rings. The van der Waals surface area contributed by atoms with Crippen LogP contribution in [0.3, 0.4) is 0 Å². The predicted molar refractivity (Wildman–Crippen MR) is 82.9 cm³/mol. The summed E-state index contributed by atoms with van der Waals surface area (Å²) >= 11 is 0. The Morgan fingerprint density at radius 3 is 2.43 bits per heavy atom. The molecule has 0 heterocycles. The first kappa shape index (κ1) is 18.7. The lowest BCUT2D eigenvalue weighted by atomic mass is 10.2. The van der Waals surface area contributed by atoms with E-state index in [1.165, 1.54) is 19.1 Å². The van der Waals surface area contributed by atoms with E-state index in [2.05, 4.69) is 6.92 Å². The summed E-state index contributed by atoms with van der Waals surface area (Å²) in [6, 6.07) is 6.19. The van der Waals surface area contributed by atoms with Gasteiger partial charge in [0, 0.05) is 13.3 Å². The highest BCUT2D eigenvalue weighted by atomic mass is 16.7. The minimum absolute atomic E-state index is 0.0988. The molecule has 0 aliphatic heterocycles. The van der Waals surface area contributed by atoms with Crippen LogP contribution >= 0.6 is 0 Å². The fraction of sp³-hybridized carbons (Fsp3) is 0.471. The number of unbranched alkanes of at least 4 members (excludes halogenated alkanes) is 3. The van der Waals surface area contributed by atoms with Crippen LogP contribution in [0.15, 0.2) is 24.3 Å². The Morgan fingerprint density at radius 1 is 1.00 bits per heavy atom. The van der Waals surface area contributed by atoms with E-state index in [9.17, 15) is 14.4 Å². The molecule has 0 atom stereocenters. The number of ether oxygens (including phenoxy) is 3. The van der Waals surface area contributed by atoms with E-state index >= 15 is 0 Å². The van der Waals surface area contributed by atoms with Crippen molar-refractivity contribution >= 4 is 17.9 Å². The third kappa shape index (κ3) is 7.44. The molecular weight excluding hydrogens is 300 g/mol. The molecule has 0 N–H and O–H groups in total. The fourth-order valence-corrected chi connectivity index (χ4v) is 1.87. The second-order valence-corrected chi connectivity index (χ2v) is 4.97. The summed E-state index contributed by atoms with van der Waals surface area (Å²) in [6.45, 7) is 2.87. The smallest absolute Gasteiger partial charge is 0.344 e. The lowest BCUT2D eigenvalue weighted by molar-refractivity contribution is -0.152. The number of esters is 3. The largest absolute Gasteiger partial charge is 0.428 e. The first-order valence-corrected chi connectivity index (χ1v) is 7.64. The highest BCUT2D eigenvalue weighted by molar-refractivity contribution is 5.93. The Bertz CT molecular complexity index is 538. The Morgan fingerprint density at radius 2 is 1.74 bits per heavy atom. The molecule has 126 valence electrons. The van der Waals surface area contributed by atoms with Gasteiger partial charge in [-0.05, 0) is 18.6 Å². The highest BCUT2D eigenvalue weighted by Crippen LogP contribution is 2.19. The lowest BCUT2D eigenvalue weighted by Gasteiger charge is -2.09. The van der Waals surface area contributed by atoms with Crippen molar-refractivity contribution in [3.05, 3.63) is 29.8 Å². The molecule has 0 bridgehead atoms. The summed E-state index contributed by atoms with van der Waals surface area (Å²) in [6.07, 6.45) is 4.21. The van der Waals surface area contributed by atoms with Gasteiger partial charge in [0.25, 0.3) is 0 Å². The van der Waals surface area contributed by atoms with Crippen LogP contribution in [-0.4, -0.2) is 24.7 Å². The number of benzene rings is 1. The summed E-state index contributed by atoms with van der Waals surface area (Å²) in [5.74, 6) is -1.55. The standard InChI is InChI=1S/C17H22O6/c1-3-4-5-6-11-16(19)21-12-22-17(20)14-9-7-8-10-15(14)23-13(2)18/h7-10H,3-6,11-12H2,1-2H3. The predicted octanol–water partition coefficient (Wildman–Crippen LogP) is 3.24. The molecule has 1 aromatic carbocycles. The maximum absolute atomic E-state index is 11.9. The van der Waals surface area contributed by atoms with E-state index in [4.69, 9.17) is 14.2 Å². The molecule has 6 heteroatoms. The highest BCUT2D eigenvalue weighted by Gasteiger charge is 2.15. The van der Waals surface area contributed by atoms with Crippen LogP contribution < -0.4 is 4.74 Å². The van der Waals surface area contributed by atoms with Gasteiger partial charge in [-0.3, -0.25) is 9.59 Å². The summed E-state index contributed by atoms with van der Waals surface area (Å²) in [7, 11) is 0. The van der Waals surface area contributed by atoms with Gasteiger partial charge < -0.3 is 14.2 Å². The second-order valence-electron chi connectivity index (χ2n) is 4.97. The Hall–Kier alpha value is -2.37. The maximum atomic E-state index is 11.9. The first-order chi connectivity index (χ1) is 11.0. The van der Waals surface area contributed by atoms with Crippen molar-refractivity contribution in [1.29, 1.82) is 0 Å². The van der Waals surface area contributed by atoms with E-state index in [1.807, 2.05) is 0 Å². The SMILES string of the molecule is CCCCCCC(=O)OCOC(=O)c1ccccc1OC(C)=O. The van der Waals surface area contributed by atoms with E-state index in [0.717, 1.165) is 25.7 Å². The summed E-state index contributed by atoms with van der Waals surface area (Å²) < 4.78 is 14.6. The third-order valence-electron chi connectivity index (χ3n) is 3.01. The normalized spacial score (nSPS) is 10.0. The van der Waals surface area contributed by atoms with Gasteiger partial charge in [0.1, 0.15) is 11.3 Å². The Labute approximate surface area is 135 Å². The molecule has 0 saturated carbocycles. The van der Waals surface area contributed by atoms with Gasteiger partial charge in [-0.2, -0.15) is 0 Å². The fourth-order valence-electron chi connectivity index (χ4n) is 1.87. The van der Waals surface area contributed by atoms with Gasteiger partial charge in [-0.1, -0.05) is 38.3 Å². The van der Waals surface area contributed by atoms with Crippen molar-refractivity contribution in [2.24, 2.45) is 0 Å². The zero-order chi connectivity index (χ0) is 17.1. The van der Waals surface area contributed by atoms with Gasteiger partial charge in [0.2, 0.25) is 6.79 Å². The van der Waals surface area contributed by atoms with Crippen molar-refractivity contribution in [2.75, 3.05) is 6.79 Å². The molecule has 0 amide bonds. The Kier molecular flexibility index (Phi) is 8.42. The zero-order valence-corrected chi connectivity index (χ0v) is 13.5. The number of hydrogen-bond donors (Lipinski definition) is 0. The third-order valence-corrected chi connectivity index (χ3v) is 3.01. The molecule has 0 spiro atoms. The van der Waals surface area contributed by atoms with Gasteiger partial charge >= 0.3 is 17.9 Å². The van der Waals surface area contributed by atoms with Gasteiger partial charge in [0.15, 0.2) is 0 Å². The van der Waals surface area contributed by atoms with E-state index in [0.29, 0.717) is 6.42 Å². The minimum Gasteiger partial charge on any atom is -0.428 e. The van der Waals surface area contributed by atoms with Crippen LogP contribution in [-0.2, 0) is 19.1 Å². The molecular formula is C17H22O6. The molecule has 0 aliphatic carbocycles. The van der Waals surface area contributed by atoms with E-state index in [-0.39, 0.29) is 11.3 Å². The summed E-state index contributed by atoms with van der Waals surface area (Å²) in [5, 5.41) is 0. The van der Waals surface area contributed by atoms with Crippen molar-refractivity contribution in [3.8, 4) is 5.75 Å². The summed E-state index contributed by atoms with van der Waals surface area (Å²) in [5.41, 5.74) is 0.0988. The van der Waals surface area contributed by atoms with E-state index < -0.39 is 24.7 Å². The zero-order valence-electron chi connectivity index (χ0n) is 13.5. The number of carbonyl (C=O) groups excluding carboxylic acids is 3. The van der Waals surface area contributed by atoms with Gasteiger partial charge in [-0.25, -0.2) is 4.79 Å². The van der Waals surface area contributed by atoms with E-state index in [1.54, 1.807) is 12.1 Å². The number of carbonyl (C=O) groups is 3. The van der Waals surface area contributed by atoms with Crippen LogP contribution in [0.1, 0.15) is 56.3 Å². The first-order valence-electron chi connectivity index (χ1n) is 7.64. The molecule has 23 heavy (non-hydrogen) atoms. The van der Waals surface area contributed by atoms with Crippen LogP contribution in [0.5, 0.6) is 5.75 Å². The molecule has 0 fully saturated rings. The van der Waals surface area contributed by atoms with Gasteiger partial charge in [-0.15, -0.1) is 0 Å². The van der Waals surface area contributed by atoms with Crippen molar-refractivity contribution in [3.63, 3.8) is 0 Å². The molecule has 0 radical (unpaired) electrons. The molecule has 6 nitrogen and oxygen atoms in total. The molecule has 1 rings (SSSR count). The number of para-hydroxylation sites is 1. The molecule has 0 saturated heterocycles. The number of hydrogen-bond acceptors (Lipinski definition) is 6. The molecule has 0 unspecified atom stereocenters. The average molecular weight is 322 g/mol. The van der Waals surface area contributed by atoms with Crippen LogP contribution in [0, 0.1) is 0 Å². The lowest BCUT2D eigenvalue weighted by Crippen LogP contribution is -2.14. The van der Waals surface area contributed by atoms with Gasteiger partial charge in [0.05, 0.1) is 0 Å². The van der Waals surface area contributed by atoms with Crippen molar-refractivity contribution in [1.82, 2.24) is 0 Å². The molecule has 1 aromatic rings. The second kappa shape index (κ2) is 10.4. The average Bonchev–Trinajstić information content (AvgIpc) is 2.51. The molecule has 0 aromatic heterocycles. The quantitative estimate of drug-likeness (QED) is 0.300. The minimum atomic E-state index is -0.722. The maximum Gasteiger partial charge on any atom is 0.344 e. The summed E-state index contributed by atoms with van der Waals surface area (Å²) in [4.78, 5) is 34.4. The Balaban J connectivity index is 2.39. The number of rotatable bonds is 9. The van der Waals surface area contributed by atoms with Crippen molar-refractivity contribution in [2.45, 2.75) is 46.0 Å². The topological polar surface area (TPSA) is 78.9 Å². The van der Waals surface area contributed by atoms with Crippen LogP contribution in [0.25, 0.3) is 0 Å². The van der Waals surface area contributed by atoms with Crippen LogP contribution in [0.4, 0.5) is 0 Å². The van der Waals surface area contributed by atoms with Crippen molar-refractivity contribution < 1.29 is 28.6 Å².